The fraction of sp³-hybridized carbons (Fsp3) is 0.250. The van der Waals surface area contributed by atoms with Crippen LogP contribution in [0, 0.1) is 10.1 Å². The molecule has 0 aromatic heterocycles. The van der Waals surface area contributed by atoms with E-state index in [0.29, 0.717) is 6.29 Å². The number of nitro groups is 1. The largest absolute Gasteiger partial charge is 0.507 e. The number of aliphatic hydroxyl groups excluding tert-OH is 1. The minimum Gasteiger partial charge on any atom is -0.507 e. The summed E-state index contributed by atoms with van der Waals surface area (Å²) in [6.45, 7) is 3.34. The third-order valence-corrected chi connectivity index (χ3v) is 2.55. The summed E-state index contributed by atoms with van der Waals surface area (Å²) in [5.74, 6) is -0.149. The summed E-state index contributed by atoms with van der Waals surface area (Å²) in [4.78, 5) is 21.1. The standard InChI is InChI=1S/C12H11NO5/c1-12(2)5-10(15)8-3-7(6-14)4-9(13(16)17)11(8)18-12/h3-6,15H,1-2H3. The zero-order chi connectivity index (χ0) is 13.5. The maximum atomic E-state index is 11.0. The molecule has 0 spiro atoms. The number of carbonyl (C=O) groups is 1. The first-order valence-electron chi connectivity index (χ1n) is 5.23. The van der Waals surface area contributed by atoms with E-state index in [4.69, 9.17) is 4.74 Å². The molecule has 6 nitrogen and oxygen atoms in total. The van der Waals surface area contributed by atoms with Gasteiger partial charge in [-0.25, -0.2) is 0 Å². The highest BCUT2D eigenvalue weighted by atomic mass is 16.6. The van der Waals surface area contributed by atoms with Gasteiger partial charge in [-0.15, -0.1) is 0 Å². The highest BCUT2D eigenvalue weighted by Gasteiger charge is 2.33. The maximum Gasteiger partial charge on any atom is 0.312 e. The van der Waals surface area contributed by atoms with Crippen LogP contribution in [0.5, 0.6) is 5.75 Å². The summed E-state index contributed by atoms with van der Waals surface area (Å²) in [7, 11) is 0. The van der Waals surface area contributed by atoms with Gasteiger partial charge in [0.1, 0.15) is 17.6 Å². The fourth-order valence-electron chi connectivity index (χ4n) is 1.84. The fourth-order valence-corrected chi connectivity index (χ4v) is 1.84. The second kappa shape index (κ2) is 3.83. The van der Waals surface area contributed by atoms with Crippen LogP contribution in [0.15, 0.2) is 18.2 Å². The summed E-state index contributed by atoms with van der Waals surface area (Å²) in [5, 5.41) is 20.8. The Labute approximate surface area is 103 Å². The Hall–Kier alpha value is -2.37. The molecule has 1 aliphatic rings. The second-order valence-electron chi connectivity index (χ2n) is 4.53. The minimum absolute atomic E-state index is 0.0180. The Morgan fingerprint density at radius 1 is 1.44 bits per heavy atom. The molecule has 2 rings (SSSR count). The van der Waals surface area contributed by atoms with Gasteiger partial charge in [-0.05, 0) is 19.9 Å². The van der Waals surface area contributed by atoms with Gasteiger partial charge in [-0.1, -0.05) is 0 Å². The molecular formula is C12H11NO5. The molecular weight excluding hydrogens is 238 g/mol. The first-order chi connectivity index (χ1) is 8.34. The van der Waals surface area contributed by atoms with Crippen molar-refractivity contribution in [2.45, 2.75) is 19.4 Å². The number of aldehydes is 1. The van der Waals surface area contributed by atoms with Gasteiger partial charge >= 0.3 is 5.69 Å². The van der Waals surface area contributed by atoms with E-state index >= 15 is 0 Å². The molecule has 0 saturated heterocycles. The van der Waals surface area contributed by atoms with Gasteiger partial charge in [-0.3, -0.25) is 14.9 Å². The van der Waals surface area contributed by atoms with Crippen LogP contribution in [0.4, 0.5) is 5.69 Å². The Balaban J connectivity index is 2.74. The molecule has 1 aliphatic heterocycles. The molecule has 1 N–H and O–H groups in total. The molecule has 0 amide bonds. The van der Waals surface area contributed by atoms with Crippen molar-refractivity contribution < 1.29 is 19.6 Å². The number of aliphatic hydroxyl groups is 1. The highest BCUT2D eigenvalue weighted by Crippen LogP contribution is 2.41. The van der Waals surface area contributed by atoms with Crippen molar-refractivity contribution in [3.05, 3.63) is 39.4 Å². The first kappa shape index (κ1) is 12.1. The zero-order valence-electron chi connectivity index (χ0n) is 9.84. The van der Waals surface area contributed by atoms with Crippen molar-refractivity contribution in [3.63, 3.8) is 0 Å². The number of hydrogen-bond donors (Lipinski definition) is 1. The Bertz CT molecular complexity index is 574. The van der Waals surface area contributed by atoms with Crippen LogP contribution in [0.2, 0.25) is 0 Å². The molecule has 0 unspecified atom stereocenters. The SMILES string of the molecule is CC1(C)C=C(O)c2cc(C=O)cc([N+](=O)[O-])c2O1. The average molecular weight is 249 g/mol. The van der Waals surface area contributed by atoms with Crippen LogP contribution in [0.1, 0.15) is 29.8 Å². The van der Waals surface area contributed by atoms with Crippen LogP contribution in [-0.2, 0) is 0 Å². The predicted molar refractivity (Wildman–Crippen MR) is 63.8 cm³/mol. The normalized spacial score (nSPS) is 16.2. The van der Waals surface area contributed by atoms with E-state index in [1.807, 2.05) is 0 Å². The Morgan fingerprint density at radius 3 is 2.67 bits per heavy atom. The third kappa shape index (κ3) is 1.92. The van der Waals surface area contributed by atoms with Gasteiger partial charge in [0.15, 0.2) is 0 Å². The van der Waals surface area contributed by atoms with E-state index in [2.05, 4.69) is 0 Å². The van der Waals surface area contributed by atoms with Crippen molar-refractivity contribution in [1.29, 1.82) is 0 Å². The topological polar surface area (TPSA) is 89.7 Å². The van der Waals surface area contributed by atoms with Crippen LogP contribution in [-0.4, -0.2) is 21.9 Å². The molecule has 1 aromatic rings. The van der Waals surface area contributed by atoms with Crippen LogP contribution in [0.25, 0.3) is 5.76 Å². The highest BCUT2D eigenvalue weighted by molar-refractivity contribution is 5.83. The summed E-state index contributed by atoms with van der Waals surface area (Å²) in [6.07, 6.45) is 1.92. The van der Waals surface area contributed by atoms with Gasteiger partial charge in [0, 0.05) is 17.7 Å². The number of rotatable bonds is 2. The zero-order valence-corrected chi connectivity index (χ0v) is 9.84. The number of nitro benzene ring substituents is 1. The Morgan fingerprint density at radius 2 is 2.11 bits per heavy atom. The lowest BCUT2D eigenvalue weighted by Crippen LogP contribution is -2.29. The van der Waals surface area contributed by atoms with E-state index in [0.717, 1.165) is 6.07 Å². The lowest BCUT2D eigenvalue weighted by Gasteiger charge is -2.28. The summed E-state index contributed by atoms with van der Waals surface area (Å²) in [5.41, 5.74) is -0.901. The van der Waals surface area contributed by atoms with Gasteiger partial charge < -0.3 is 9.84 Å². The molecule has 0 saturated carbocycles. The number of fused-ring (bicyclic) bond motifs is 1. The summed E-state index contributed by atoms with van der Waals surface area (Å²) < 4.78 is 5.49. The van der Waals surface area contributed by atoms with Crippen LogP contribution >= 0.6 is 0 Å². The lowest BCUT2D eigenvalue weighted by atomic mass is 9.98. The molecule has 0 radical (unpaired) electrons. The Kier molecular flexibility index (Phi) is 2.58. The van der Waals surface area contributed by atoms with E-state index in [9.17, 15) is 20.0 Å². The molecule has 1 heterocycles. The molecule has 0 bridgehead atoms. The number of nitrogens with zero attached hydrogens (tertiary/aromatic N) is 1. The molecule has 1 aromatic carbocycles. The van der Waals surface area contributed by atoms with E-state index in [1.54, 1.807) is 13.8 Å². The summed E-state index contributed by atoms with van der Waals surface area (Å²) >= 11 is 0. The molecule has 0 atom stereocenters. The lowest BCUT2D eigenvalue weighted by molar-refractivity contribution is -0.386. The van der Waals surface area contributed by atoms with Crippen molar-refractivity contribution in [2.24, 2.45) is 0 Å². The van der Waals surface area contributed by atoms with Gasteiger partial charge in [0.2, 0.25) is 5.75 Å². The summed E-state index contributed by atoms with van der Waals surface area (Å²) in [6, 6.07) is 2.48. The third-order valence-electron chi connectivity index (χ3n) is 2.55. The molecule has 18 heavy (non-hydrogen) atoms. The molecule has 94 valence electrons. The number of carbonyl (C=O) groups excluding carboxylic acids is 1. The first-order valence-corrected chi connectivity index (χ1v) is 5.23. The average Bonchev–Trinajstić information content (AvgIpc) is 2.26. The van der Waals surface area contributed by atoms with Gasteiger partial charge in [0.25, 0.3) is 0 Å². The van der Waals surface area contributed by atoms with E-state index in [1.165, 1.54) is 12.1 Å². The number of benzene rings is 1. The monoisotopic (exact) mass is 249 g/mol. The van der Waals surface area contributed by atoms with E-state index < -0.39 is 10.5 Å². The van der Waals surface area contributed by atoms with Crippen LogP contribution in [0.3, 0.4) is 0 Å². The molecule has 0 fully saturated rings. The van der Waals surface area contributed by atoms with E-state index in [-0.39, 0.29) is 28.3 Å². The van der Waals surface area contributed by atoms with Crippen LogP contribution < -0.4 is 4.74 Å². The number of hydrogen-bond acceptors (Lipinski definition) is 5. The minimum atomic E-state index is -0.843. The van der Waals surface area contributed by atoms with Crippen molar-refractivity contribution in [1.82, 2.24) is 0 Å². The molecule has 6 heteroatoms. The molecule has 0 aliphatic carbocycles. The van der Waals surface area contributed by atoms with Gasteiger partial charge in [0.05, 0.1) is 10.5 Å². The number of ether oxygens (including phenoxy) is 1. The maximum absolute atomic E-state index is 11.0. The predicted octanol–water partition coefficient (Wildman–Crippen LogP) is 2.48. The van der Waals surface area contributed by atoms with Crippen molar-refractivity contribution in [2.75, 3.05) is 0 Å². The second-order valence-corrected chi connectivity index (χ2v) is 4.53. The van der Waals surface area contributed by atoms with Gasteiger partial charge in [-0.2, -0.15) is 0 Å². The smallest absolute Gasteiger partial charge is 0.312 e. The van der Waals surface area contributed by atoms with Crippen molar-refractivity contribution in [3.8, 4) is 5.75 Å². The quantitative estimate of drug-likeness (QED) is 0.494. The van der Waals surface area contributed by atoms with Crippen molar-refractivity contribution >= 4 is 17.7 Å².